The van der Waals surface area contributed by atoms with E-state index in [0.717, 1.165) is 0 Å². The lowest BCUT2D eigenvalue weighted by molar-refractivity contribution is -0.152. The Morgan fingerprint density at radius 1 is 1.03 bits per heavy atom. The minimum Gasteiger partial charge on any atom is -0.463 e. The molecule has 3 heterocycles. The van der Waals surface area contributed by atoms with E-state index in [1.807, 2.05) is 6.07 Å². The molecule has 0 fully saturated rings. The monoisotopic (exact) mass is 451 g/mol. The number of esters is 3. The second-order valence-electron chi connectivity index (χ2n) is 7.32. The van der Waals surface area contributed by atoms with E-state index < -0.39 is 23.8 Å². The summed E-state index contributed by atoms with van der Waals surface area (Å²) in [6, 6.07) is 7.54. The molecular formula is C24H25N3O6. The average molecular weight is 451 g/mol. The van der Waals surface area contributed by atoms with Crippen molar-refractivity contribution in [2.45, 2.75) is 34.3 Å². The third-order valence-electron chi connectivity index (χ3n) is 5.23. The first-order chi connectivity index (χ1) is 15.8. The molecular weight excluding hydrogens is 426 g/mol. The van der Waals surface area contributed by atoms with Gasteiger partial charge in [0.1, 0.15) is 18.6 Å². The number of rotatable bonds is 7. The summed E-state index contributed by atoms with van der Waals surface area (Å²) < 4.78 is 17.6. The zero-order valence-corrected chi connectivity index (χ0v) is 18.9. The summed E-state index contributed by atoms with van der Waals surface area (Å²) >= 11 is 0. The highest BCUT2D eigenvalue weighted by Crippen LogP contribution is 2.33. The largest absolute Gasteiger partial charge is 0.463 e. The Labute approximate surface area is 191 Å². The quantitative estimate of drug-likeness (QED) is 0.504. The lowest BCUT2D eigenvalue weighted by Gasteiger charge is -2.28. The predicted octanol–water partition coefficient (Wildman–Crippen LogP) is 2.75. The van der Waals surface area contributed by atoms with Gasteiger partial charge in [-0.1, -0.05) is 6.07 Å². The molecule has 1 N–H and O–H groups in total. The van der Waals surface area contributed by atoms with E-state index >= 15 is 0 Å². The second-order valence-corrected chi connectivity index (χ2v) is 7.32. The summed E-state index contributed by atoms with van der Waals surface area (Å²) in [5.74, 6) is -3.61. The molecule has 0 unspecified atom stereocenters. The molecule has 0 aromatic carbocycles. The fourth-order valence-electron chi connectivity index (χ4n) is 3.84. The van der Waals surface area contributed by atoms with Crippen LogP contribution in [0.1, 0.15) is 38.8 Å². The number of nitrogens with one attached hydrogen (secondary N) is 1. The number of carbonyl (C=O) groups excluding carboxylic acids is 3. The lowest BCUT2D eigenvalue weighted by atomic mass is 9.85. The number of pyridine rings is 1. The lowest BCUT2D eigenvalue weighted by Crippen LogP contribution is -2.38. The van der Waals surface area contributed by atoms with Crippen LogP contribution in [0.15, 0.2) is 53.1 Å². The summed E-state index contributed by atoms with van der Waals surface area (Å²) in [4.78, 5) is 38.7. The SMILES string of the molecule is CCOC(=O)C1=C(C)NC(C)=C(C(=O)OCC)C1C(=O)OCc1cn2ccccc2c1C#N. The molecule has 0 saturated carbocycles. The first kappa shape index (κ1) is 23.6. The van der Waals surface area contributed by atoms with Crippen LogP contribution in [0.25, 0.3) is 5.52 Å². The molecule has 0 atom stereocenters. The van der Waals surface area contributed by atoms with Gasteiger partial charge in [0, 0.05) is 29.4 Å². The predicted molar refractivity (Wildman–Crippen MR) is 117 cm³/mol. The molecule has 0 radical (unpaired) electrons. The molecule has 0 spiro atoms. The Balaban J connectivity index is 1.97. The summed E-state index contributed by atoms with van der Waals surface area (Å²) in [6.07, 6.45) is 3.48. The van der Waals surface area contributed by atoms with Crippen LogP contribution in [0.2, 0.25) is 0 Å². The number of dihydropyridines is 1. The number of ether oxygens (including phenoxy) is 3. The normalized spacial score (nSPS) is 14.0. The highest BCUT2D eigenvalue weighted by atomic mass is 16.5. The molecule has 0 amide bonds. The molecule has 3 rings (SSSR count). The van der Waals surface area contributed by atoms with Crippen molar-refractivity contribution in [3.8, 4) is 6.07 Å². The third-order valence-corrected chi connectivity index (χ3v) is 5.23. The second kappa shape index (κ2) is 10.0. The number of hydrogen-bond acceptors (Lipinski definition) is 8. The number of allylic oxidation sites excluding steroid dienone is 2. The van der Waals surface area contributed by atoms with Gasteiger partial charge < -0.3 is 23.9 Å². The van der Waals surface area contributed by atoms with Gasteiger partial charge in [-0.05, 0) is 39.8 Å². The molecule has 1 aliphatic rings. The third kappa shape index (κ3) is 4.60. The van der Waals surface area contributed by atoms with Crippen LogP contribution >= 0.6 is 0 Å². The Morgan fingerprint density at radius 3 is 2.18 bits per heavy atom. The van der Waals surface area contributed by atoms with E-state index in [9.17, 15) is 19.6 Å². The summed E-state index contributed by atoms with van der Waals surface area (Å²) in [5.41, 5.74) is 2.29. The maximum atomic E-state index is 13.3. The van der Waals surface area contributed by atoms with Crippen LogP contribution in [0.3, 0.4) is 0 Å². The molecule has 0 saturated heterocycles. The van der Waals surface area contributed by atoms with E-state index in [1.54, 1.807) is 56.6 Å². The standard InChI is InChI=1S/C24H25N3O6/c1-5-31-22(28)19-14(3)26-15(4)20(23(29)32-6-2)21(19)24(30)33-13-16-12-27-10-8-7-9-18(27)17(16)11-25/h7-10,12,21,26H,5-6,13H2,1-4H3. The molecule has 9 heteroatoms. The van der Waals surface area contributed by atoms with Crippen molar-refractivity contribution in [1.29, 1.82) is 5.26 Å². The van der Waals surface area contributed by atoms with Gasteiger partial charge in [0.05, 0.1) is 35.4 Å². The number of nitrogens with zero attached hydrogens (tertiary/aromatic N) is 2. The topological polar surface area (TPSA) is 119 Å². The molecule has 0 bridgehead atoms. The Hall–Kier alpha value is -4.06. The molecule has 2 aromatic heterocycles. The van der Waals surface area contributed by atoms with Crippen molar-refractivity contribution in [3.05, 3.63) is 64.3 Å². The molecule has 0 aliphatic carbocycles. The zero-order valence-electron chi connectivity index (χ0n) is 18.9. The summed E-state index contributed by atoms with van der Waals surface area (Å²) in [5, 5.41) is 12.5. The Morgan fingerprint density at radius 2 is 1.64 bits per heavy atom. The highest BCUT2D eigenvalue weighted by molar-refractivity contribution is 6.05. The van der Waals surface area contributed by atoms with Crippen LogP contribution in [0.4, 0.5) is 0 Å². The van der Waals surface area contributed by atoms with Crippen molar-refractivity contribution in [2.24, 2.45) is 5.92 Å². The smallest absolute Gasteiger partial charge is 0.337 e. The molecule has 1 aliphatic heterocycles. The Kier molecular flexibility index (Phi) is 7.18. The molecule has 33 heavy (non-hydrogen) atoms. The highest BCUT2D eigenvalue weighted by Gasteiger charge is 2.42. The number of aromatic nitrogens is 1. The van der Waals surface area contributed by atoms with Gasteiger partial charge in [0.2, 0.25) is 0 Å². The van der Waals surface area contributed by atoms with Crippen molar-refractivity contribution in [1.82, 2.24) is 9.72 Å². The van der Waals surface area contributed by atoms with E-state index in [1.165, 1.54) is 0 Å². The van der Waals surface area contributed by atoms with E-state index in [0.29, 0.717) is 28.0 Å². The van der Waals surface area contributed by atoms with Crippen LogP contribution < -0.4 is 5.32 Å². The van der Waals surface area contributed by atoms with Crippen LogP contribution in [-0.4, -0.2) is 35.5 Å². The van der Waals surface area contributed by atoms with Crippen molar-refractivity contribution < 1.29 is 28.6 Å². The summed E-state index contributed by atoms with van der Waals surface area (Å²) in [6.45, 7) is 6.50. The van der Waals surface area contributed by atoms with Gasteiger partial charge in [0.15, 0.2) is 0 Å². The molecule has 172 valence electrons. The average Bonchev–Trinajstić information content (AvgIpc) is 3.14. The van der Waals surface area contributed by atoms with Gasteiger partial charge in [-0.2, -0.15) is 5.26 Å². The van der Waals surface area contributed by atoms with Crippen molar-refractivity contribution in [2.75, 3.05) is 13.2 Å². The van der Waals surface area contributed by atoms with Crippen molar-refractivity contribution >= 4 is 23.4 Å². The van der Waals surface area contributed by atoms with Crippen LogP contribution in [0.5, 0.6) is 0 Å². The van der Waals surface area contributed by atoms with Crippen LogP contribution in [-0.2, 0) is 35.2 Å². The van der Waals surface area contributed by atoms with Gasteiger partial charge in [-0.3, -0.25) is 4.79 Å². The zero-order chi connectivity index (χ0) is 24.1. The minimum absolute atomic E-state index is 0.0157. The van der Waals surface area contributed by atoms with E-state index in [2.05, 4.69) is 11.4 Å². The maximum Gasteiger partial charge on any atom is 0.337 e. The first-order valence-electron chi connectivity index (χ1n) is 10.5. The van der Waals surface area contributed by atoms with E-state index in [4.69, 9.17) is 14.2 Å². The molecule has 9 nitrogen and oxygen atoms in total. The number of nitriles is 1. The maximum absolute atomic E-state index is 13.3. The summed E-state index contributed by atoms with van der Waals surface area (Å²) in [7, 11) is 0. The van der Waals surface area contributed by atoms with E-state index in [-0.39, 0.29) is 31.0 Å². The first-order valence-corrected chi connectivity index (χ1v) is 10.5. The molecule has 2 aromatic rings. The van der Waals surface area contributed by atoms with Gasteiger partial charge in [-0.15, -0.1) is 0 Å². The number of hydrogen-bond donors (Lipinski definition) is 1. The fourth-order valence-corrected chi connectivity index (χ4v) is 3.84. The minimum atomic E-state index is -1.33. The van der Waals surface area contributed by atoms with Crippen molar-refractivity contribution in [3.63, 3.8) is 0 Å². The number of carbonyl (C=O) groups is 3. The fraction of sp³-hybridized carbons (Fsp3) is 0.333. The Bertz CT molecular complexity index is 1170. The van der Waals surface area contributed by atoms with Gasteiger partial charge >= 0.3 is 17.9 Å². The number of fused-ring (bicyclic) bond motifs is 1. The van der Waals surface area contributed by atoms with Crippen LogP contribution in [0, 0.1) is 17.2 Å². The van der Waals surface area contributed by atoms with Gasteiger partial charge in [-0.25, -0.2) is 9.59 Å². The van der Waals surface area contributed by atoms with Gasteiger partial charge in [0.25, 0.3) is 0 Å².